The Morgan fingerprint density at radius 3 is 2.65 bits per heavy atom. The Labute approximate surface area is 268 Å². The second-order valence-electron chi connectivity index (χ2n) is 12.5. The van der Waals surface area contributed by atoms with E-state index in [4.69, 9.17) is 14.5 Å². The first-order valence-corrected chi connectivity index (χ1v) is 16.0. The molecule has 0 bridgehead atoms. The van der Waals surface area contributed by atoms with Gasteiger partial charge in [0.05, 0.1) is 47.5 Å². The molecular formula is C32H35F2N7O4S. The van der Waals surface area contributed by atoms with Gasteiger partial charge in [-0.3, -0.25) is 15.2 Å². The number of hydrogen-bond donors (Lipinski definition) is 2. The molecule has 1 saturated heterocycles. The number of amides is 1. The molecule has 1 unspecified atom stereocenters. The molecule has 1 aromatic carbocycles. The van der Waals surface area contributed by atoms with E-state index in [1.807, 2.05) is 11.0 Å². The Kier molecular flexibility index (Phi) is 8.30. The Hall–Kier alpha value is -4.03. The smallest absolute Gasteiger partial charge is 0.412 e. The van der Waals surface area contributed by atoms with Gasteiger partial charge < -0.3 is 19.5 Å². The number of aliphatic hydroxyl groups excluding tert-OH is 1. The fourth-order valence-corrected chi connectivity index (χ4v) is 7.60. The number of aliphatic hydroxyl groups is 1. The number of halogens is 2. The van der Waals surface area contributed by atoms with Crippen molar-refractivity contribution in [2.24, 2.45) is 0 Å². The van der Waals surface area contributed by atoms with Gasteiger partial charge in [0.1, 0.15) is 22.2 Å². The molecule has 2 N–H and O–H groups in total. The van der Waals surface area contributed by atoms with E-state index in [0.29, 0.717) is 42.0 Å². The summed E-state index contributed by atoms with van der Waals surface area (Å²) >= 11 is 0.848. The molecule has 3 aromatic heterocycles. The molecule has 0 saturated carbocycles. The fourth-order valence-electron chi connectivity index (χ4n) is 6.56. The van der Waals surface area contributed by atoms with Gasteiger partial charge in [-0.15, -0.1) is 11.3 Å². The largest absolute Gasteiger partial charge is 0.444 e. The maximum atomic E-state index is 16.9. The first-order chi connectivity index (χ1) is 21.9. The number of carbonyl (C=O) groups excluding carboxylic acids is 1. The minimum absolute atomic E-state index is 0.0268. The Morgan fingerprint density at radius 2 is 1.98 bits per heavy atom. The van der Waals surface area contributed by atoms with Crippen molar-refractivity contribution >= 4 is 49.4 Å². The lowest BCUT2D eigenvalue weighted by Crippen LogP contribution is -2.53. The van der Waals surface area contributed by atoms with Crippen LogP contribution in [0, 0.1) is 23.0 Å². The molecule has 5 heterocycles. The van der Waals surface area contributed by atoms with E-state index < -0.39 is 28.9 Å². The molecule has 14 heteroatoms. The third kappa shape index (κ3) is 5.30. The fraction of sp³-hybridized carbons (Fsp3) is 0.469. The second kappa shape index (κ2) is 12.0. The van der Waals surface area contributed by atoms with E-state index in [1.165, 1.54) is 0 Å². The Bertz CT molecular complexity index is 1900. The third-order valence-electron chi connectivity index (χ3n) is 8.66. The number of nitriles is 1. The number of nitrogens with one attached hydrogen (secondary N) is 1. The van der Waals surface area contributed by atoms with Crippen LogP contribution in [0.2, 0.25) is 0 Å². The van der Waals surface area contributed by atoms with Gasteiger partial charge in [-0.2, -0.15) is 5.26 Å². The lowest BCUT2D eigenvalue weighted by atomic mass is 9.94. The molecule has 242 valence electrons. The normalized spacial score (nSPS) is 18.0. The Morgan fingerprint density at radius 1 is 1.24 bits per heavy atom. The molecule has 2 aliphatic heterocycles. The van der Waals surface area contributed by atoms with Crippen LogP contribution in [0.3, 0.4) is 0 Å². The lowest BCUT2D eigenvalue weighted by Gasteiger charge is -2.38. The first kappa shape index (κ1) is 31.9. The highest BCUT2D eigenvalue weighted by Crippen LogP contribution is 2.46. The monoisotopic (exact) mass is 651 g/mol. The number of benzene rings is 1. The molecule has 0 spiro atoms. The van der Waals surface area contributed by atoms with Crippen LogP contribution in [-0.2, 0) is 22.7 Å². The van der Waals surface area contributed by atoms with Gasteiger partial charge in [-0.1, -0.05) is 13.8 Å². The summed E-state index contributed by atoms with van der Waals surface area (Å²) in [7, 11) is 0. The average molecular weight is 652 g/mol. The number of rotatable bonds is 7. The summed E-state index contributed by atoms with van der Waals surface area (Å²) in [6, 6.07) is 2.05. The summed E-state index contributed by atoms with van der Waals surface area (Å²) in [5.41, 5.74) is 0.0326. The summed E-state index contributed by atoms with van der Waals surface area (Å²) < 4.78 is 43.2. The first-order valence-electron chi connectivity index (χ1n) is 15.1. The van der Waals surface area contributed by atoms with Crippen LogP contribution >= 0.6 is 11.3 Å². The van der Waals surface area contributed by atoms with Crippen LogP contribution in [0.4, 0.5) is 24.5 Å². The summed E-state index contributed by atoms with van der Waals surface area (Å²) in [5, 5.41) is 23.7. The number of hydrogen-bond acceptors (Lipinski definition) is 11. The molecular weight excluding hydrogens is 616 g/mol. The topological polar surface area (TPSA) is 137 Å². The van der Waals surface area contributed by atoms with Crippen LogP contribution in [0.5, 0.6) is 0 Å². The predicted octanol–water partition coefficient (Wildman–Crippen LogP) is 5.72. The number of carbonyl (C=O) groups is 1. The molecule has 0 radical (unpaired) electrons. The molecule has 1 amide bonds. The van der Waals surface area contributed by atoms with Gasteiger partial charge in [0.2, 0.25) is 5.95 Å². The summed E-state index contributed by atoms with van der Waals surface area (Å²) in [6.07, 6.45) is 2.46. The third-order valence-corrected chi connectivity index (χ3v) is 9.78. The van der Waals surface area contributed by atoms with Crippen molar-refractivity contribution in [3.8, 4) is 17.3 Å². The van der Waals surface area contributed by atoms with Crippen molar-refractivity contribution in [3.05, 3.63) is 40.7 Å². The SMILES string of the molecule is CCN(CC)C1(CO)CCN(c2ncc3c4c(c(-c5ncc(F)c6sc(NC(=O)OC(C)(C)C)c(C#N)c56)c(F)c3n2)COC4)C1. The number of fused-ring (bicyclic) bond motifs is 4. The zero-order valence-corrected chi connectivity index (χ0v) is 27.1. The number of anilines is 2. The summed E-state index contributed by atoms with van der Waals surface area (Å²) in [4.78, 5) is 30.4. The quantitative estimate of drug-likeness (QED) is 0.255. The van der Waals surface area contributed by atoms with E-state index in [0.717, 1.165) is 30.6 Å². The standard InChI is InChI=1S/C32H35F2N7O4S/c1-6-41(7-2)32(16-42)8-9-40(15-32)29-37-11-18-19-13-44-14-20(19)22(24(34)25(18)38-29)26-23-17(10-35)28(39-30(43)45-31(3,4)5)46-27(23)21(33)12-36-26/h11-12,42H,6-9,13-16H2,1-5H3,(H,39,43). The number of nitrogens with zero attached hydrogens (tertiary/aromatic N) is 6. The molecule has 0 aliphatic carbocycles. The number of pyridine rings is 1. The lowest BCUT2D eigenvalue weighted by molar-refractivity contribution is 0.0533. The van der Waals surface area contributed by atoms with Crippen LogP contribution in [0.15, 0.2) is 12.4 Å². The van der Waals surface area contributed by atoms with Gasteiger partial charge in [0.15, 0.2) is 11.6 Å². The van der Waals surface area contributed by atoms with Gasteiger partial charge >= 0.3 is 6.09 Å². The minimum Gasteiger partial charge on any atom is -0.444 e. The van der Waals surface area contributed by atoms with Crippen molar-refractivity contribution in [3.63, 3.8) is 0 Å². The number of thiophene rings is 1. The predicted molar refractivity (Wildman–Crippen MR) is 171 cm³/mol. The van der Waals surface area contributed by atoms with Crippen LogP contribution in [0.25, 0.3) is 32.2 Å². The highest BCUT2D eigenvalue weighted by molar-refractivity contribution is 7.23. The molecule has 4 aromatic rings. The van der Waals surface area contributed by atoms with Crippen molar-refractivity contribution in [1.29, 1.82) is 5.26 Å². The molecule has 1 atom stereocenters. The summed E-state index contributed by atoms with van der Waals surface area (Å²) in [6.45, 7) is 12.0. The van der Waals surface area contributed by atoms with E-state index in [-0.39, 0.29) is 57.2 Å². The van der Waals surface area contributed by atoms with Gasteiger partial charge in [-0.25, -0.2) is 23.5 Å². The van der Waals surface area contributed by atoms with Crippen LogP contribution in [0.1, 0.15) is 57.7 Å². The number of ether oxygens (including phenoxy) is 2. The molecule has 2 aliphatic rings. The van der Waals surface area contributed by atoms with E-state index in [1.54, 1.807) is 27.0 Å². The second-order valence-corrected chi connectivity index (χ2v) is 13.5. The molecule has 6 rings (SSSR count). The zero-order chi connectivity index (χ0) is 33.0. The van der Waals surface area contributed by atoms with Crippen molar-refractivity contribution in [1.82, 2.24) is 19.9 Å². The van der Waals surface area contributed by atoms with Gasteiger partial charge in [0.25, 0.3) is 0 Å². The molecule has 1 fully saturated rings. The highest BCUT2D eigenvalue weighted by Gasteiger charge is 2.42. The maximum Gasteiger partial charge on any atom is 0.412 e. The minimum atomic E-state index is -0.811. The van der Waals surface area contributed by atoms with Crippen molar-refractivity contribution in [2.45, 2.75) is 65.4 Å². The molecule has 11 nitrogen and oxygen atoms in total. The van der Waals surface area contributed by atoms with Crippen LogP contribution < -0.4 is 10.2 Å². The van der Waals surface area contributed by atoms with E-state index in [9.17, 15) is 15.2 Å². The van der Waals surface area contributed by atoms with Crippen molar-refractivity contribution in [2.75, 3.05) is 43.0 Å². The van der Waals surface area contributed by atoms with Gasteiger partial charge in [0, 0.05) is 35.6 Å². The van der Waals surface area contributed by atoms with Gasteiger partial charge in [-0.05, 0) is 51.4 Å². The number of likely N-dealkylation sites (N-methyl/N-ethyl adjacent to an activating group) is 1. The van der Waals surface area contributed by atoms with E-state index >= 15 is 8.78 Å². The maximum absolute atomic E-state index is 16.9. The summed E-state index contributed by atoms with van der Waals surface area (Å²) in [5.74, 6) is -1.09. The van der Waals surface area contributed by atoms with E-state index in [2.05, 4.69) is 34.0 Å². The van der Waals surface area contributed by atoms with Crippen molar-refractivity contribution < 1.29 is 28.2 Å². The average Bonchev–Trinajstić information content (AvgIpc) is 3.76. The zero-order valence-electron chi connectivity index (χ0n) is 26.3. The number of aromatic nitrogens is 3. The highest BCUT2D eigenvalue weighted by atomic mass is 32.1. The Balaban J connectivity index is 1.50. The van der Waals surface area contributed by atoms with Crippen LogP contribution in [-0.4, -0.2) is 75.0 Å². The molecule has 46 heavy (non-hydrogen) atoms.